The van der Waals surface area contributed by atoms with Gasteiger partial charge in [-0.2, -0.15) is 0 Å². The topological polar surface area (TPSA) is 41.7 Å². The molecule has 108 valence electrons. The van der Waals surface area contributed by atoms with Gasteiger partial charge in [-0.3, -0.25) is 4.90 Å². The van der Waals surface area contributed by atoms with Gasteiger partial charge in [-0.1, -0.05) is 5.16 Å². The van der Waals surface area contributed by atoms with Crippen molar-refractivity contribution in [3.63, 3.8) is 0 Å². The Labute approximate surface area is 115 Å². The number of hydrogen-bond acceptors (Lipinski definition) is 5. The monoisotopic (exact) mass is 267 g/mol. The predicted octanol–water partition coefficient (Wildman–Crippen LogP) is 1.38. The molecule has 0 amide bonds. The largest absolute Gasteiger partial charge is 0.383 e. The molecule has 5 nitrogen and oxygen atoms in total. The van der Waals surface area contributed by atoms with E-state index >= 15 is 0 Å². The minimum atomic E-state index is 0.755. The third-order valence-electron chi connectivity index (χ3n) is 3.65. The first-order chi connectivity index (χ1) is 9.17. The van der Waals surface area contributed by atoms with Crippen LogP contribution < -0.4 is 0 Å². The average Bonchev–Trinajstić information content (AvgIpc) is 2.96. The van der Waals surface area contributed by atoms with Crippen molar-refractivity contribution in [3.05, 3.63) is 17.5 Å². The number of rotatable bonds is 7. The molecule has 0 radical (unpaired) electrons. The van der Waals surface area contributed by atoms with E-state index in [1.54, 1.807) is 7.11 Å². The van der Waals surface area contributed by atoms with Gasteiger partial charge in [0.25, 0.3) is 0 Å². The van der Waals surface area contributed by atoms with E-state index in [1.165, 1.54) is 19.5 Å². The molecule has 1 fully saturated rings. The lowest BCUT2D eigenvalue weighted by molar-refractivity contribution is 0.156. The Morgan fingerprint density at radius 3 is 3.11 bits per heavy atom. The molecule has 0 bridgehead atoms. The van der Waals surface area contributed by atoms with E-state index in [1.807, 2.05) is 13.0 Å². The zero-order chi connectivity index (χ0) is 13.7. The second-order valence-electron chi connectivity index (χ2n) is 5.58. The molecule has 0 unspecified atom stereocenters. The average molecular weight is 267 g/mol. The van der Waals surface area contributed by atoms with E-state index in [2.05, 4.69) is 22.0 Å². The van der Waals surface area contributed by atoms with Crippen LogP contribution in [0.15, 0.2) is 10.6 Å². The van der Waals surface area contributed by atoms with Crippen molar-refractivity contribution in [1.29, 1.82) is 0 Å². The van der Waals surface area contributed by atoms with Gasteiger partial charge in [0.1, 0.15) is 0 Å². The Hall–Kier alpha value is -0.910. The minimum Gasteiger partial charge on any atom is -0.383 e. The zero-order valence-corrected chi connectivity index (χ0v) is 12.3. The fraction of sp³-hybridized carbons (Fsp3) is 0.786. The summed E-state index contributed by atoms with van der Waals surface area (Å²) in [5, 5.41) is 3.92. The number of methoxy groups -OCH3 is 1. The van der Waals surface area contributed by atoms with Crippen LogP contribution in [0, 0.1) is 12.8 Å². The smallest absolute Gasteiger partial charge is 0.150 e. The highest BCUT2D eigenvalue weighted by Gasteiger charge is 2.23. The van der Waals surface area contributed by atoms with Gasteiger partial charge >= 0.3 is 0 Å². The molecular weight excluding hydrogens is 242 g/mol. The summed E-state index contributed by atoms with van der Waals surface area (Å²) in [7, 11) is 3.91. The highest BCUT2D eigenvalue weighted by molar-refractivity contribution is 5.02. The Morgan fingerprint density at radius 1 is 1.58 bits per heavy atom. The van der Waals surface area contributed by atoms with Crippen molar-refractivity contribution in [3.8, 4) is 0 Å². The summed E-state index contributed by atoms with van der Waals surface area (Å²) in [6, 6.07) is 2.01. The summed E-state index contributed by atoms with van der Waals surface area (Å²) in [5.41, 5.74) is 0.954. The highest BCUT2D eigenvalue weighted by atomic mass is 16.5. The van der Waals surface area contributed by atoms with Crippen molar-refractivity contribution in [2.24, 2.45) is 5.92 Å². The number of aromatic nitrogens is 1. The molecule has 1 aliphatic heterocycles. The van der Waals surface area contributed by atoms with Crippen molar-refractivity contribution in [2.45, 2.75) is 19.9 Å². The number of nitrogens with zero attached hydrogens (tertiary/aromatic N) is 3. The Balaban J connectivity index is 1.70. The van der Waals surface area contributed by atoms with E-state index in [4.69, 9.17) is 9.26 Å². The van der Waals surface area contributed by atoms with Crippen molar-refractivity contribution in [1.82, 2.24) is 15.0 Å². The lowest BCUT2D eigenvalue weighted by atomic mass is 10.1. The van der Waals surface area contributed by atoms with Crippen molar-refractivity contribution in [2.75, 3.05) is 46.9 Å². The summed E-state index contributed by atoms with van der Waals surface area (Å²) >= 11 is 0. The van der Waals surface area contributed by atoms with Crippen LogP contribution in [0.5, 0.6) is 0 Å². The standard InChI is InChI=1S/C14H25N3O2/c1-12-8-14(19-15-12)11-16(2)9-13-4-5-17(10-13)6-7-18-3/h8,13H,4-7,9-11H2,1-3H3/t13-/m1/s1. The van der Waals surface area contributed by atoms with Crippen LogP contribution in [0.2, 0.25) is 0 Å². The van der Waals surface area contributed by atoms with E-state index in [0.29, 0.717) is 0 Å². The van der Waals surface area contributed by atoms with Gasteiger partial charge in [0.05, 0.1) is 18.8 Å². The summed E-state index contributed by atoms with van der Waals surface area (Å²) in [4.78, 5) is 4.81. The molecule has 5 heteroatoms. The second-order valence-corrected chi connectivity index (χ2v) is 5.58. The van der Waals surface area contributed by atoms with Crippen molar-refractivity contribution >= 4 is 0 Å². The number of likely N-dealkylation sites (tertiary alicyclic amines) is 1. The molecule has 0 saturated carbocycles. The Kier molecular flexibility index (Phi) is 5.36. The molecule has 0 spiro atoms. The fourth-order valence-electron chi connectivity index (χ4n) is 2.75. The number of hydrogen-bond donors (Lipinski definition) is 0. The molecule has 1 aromatic rings. The van der Waals surface area contributed by atoms with Gasteiger partial charge in [-0.25, -0.2) is 0 Å². The first-order valence-corrected chi connectivity index (χ1v) is 6.99. The summed E-state index contributed by atoms with van der Waals surface area (Å²) < 4.78 is 10.4. The maximum absolute atomic E-state index is 5.26. The number of aryl methyl sites for hydroxylation is 1. The van der Waals surface area contributed by atoms with Gasteiger partial charge in [0.15, 0.2) is 5.76 Å². The van der Waals surface area contributed by atoms with Crippen LogP contribution >= 0.6 is 0 Å². The second kappa shape index (κ2) is 7.03. The molecule has 1 aliphatic rings. The predicted molar refractivity (Wildman–Crippen MR) is 74.0 cm³/mol. The van der Waals surface area contributed by atoms with Crippen LogP contribution in [0.1, 0.15) is 17.9 Å². The molecule has 0 aliphatic carbocycles. The lowest BCUT2D eigenvalue weighted by Gasteiger charge is -2.20. The van der Waals surface area contributed by atoms with Crippen LogP contribution in [0.4, 0.5) is 0 Å². The molecule has 0 N–H and O–H groups in total. The van der Waals surface area contributed by atoms with Gasteiger partial charge in [0.2, 0.25) is 0 Å². The first kappa shape index (κ1) is 14.5. The molecular formula is C14H25N3O2. The minimum absolute atomic E-state index is 0.755. The number of ether oxygens (including phenoxy) is 1. The lowest BCUT2D eigenvalue weighted by Crippen LogP contribution is -2.29. The normalized spacial score (nSPS) is 20.5. The Bertz CT molecular complexity index is 381. The van der Waals surface area contributed by atoms with E-state index in [-0.39, 0.29) is 0 Å². The van der Waals surface area contributed by atoms with Crippen LogP contribution in [0.3, 0.4) is 0 Å². The molecule has 19 heavy (non-hydrogen) atoms. The summed E-state index contributed by atoms with van der Waals surface area (Å²) in [6.45, 7) is 8.18. The Morgan fingerprint density at radius 2 is 2.42 bits per heavy atom. The van der Waals surface area contributed by atoms with E-state index in [0.717, 1.165) is 43.6 Å². The molecule has 1 aromatic heterocycles. The fourth-order valence-corrected chi connectivity index (χ4v) is 2.75. The molecule has 1 saturated heterocycles. The van der Waals surface area contributed by atoms with E-state index < -0.39 is 0 Å². The maximum Gasteiger partial charge on any atom is 0.150 e. The maximum atomic E-state index is 5.26. The summed E-state index contributed by atoms with van der Waals surface area (Å²) in [6.07, 6.45) is 1.28. The van der Waals surface area contributed by atoms with Crippen LogP contribution in [0.25, 0.3) is 0 Å². The molecule has 2 heterocycles. The van der Waals surface area contributed by atoms with Gasteiger partial charge in [-0.05, 0) is 32.9 Å². The third-order valence-corrected chi connectivity index (χ3v) is 3.65. The quantitative estimate of drug-likeness (QED) is 0.746. The van der Waals surface area contributed by atoms with Gasteiger partial charge < -0.3 is 14.2 Å². The molecule has 1 atom stereocenters. The van der Waals surface area contributed by atoms with Gasteiger partial charge in [-0.15, -0.1) is 0 Å². The highest BCUT2D eigenvalue weighted by Crippen LogP contribution is 2.17. The zero-order valence-electron chi connectivity index (χ0n) is 12.3. The van der Waals surface area contributed by atoms with Crippen LogP contribution in [-0.4, -0.2) is 61.9 Å². The first-order valence-electron chi connectivity index (χ1n) is 6.99. The van der Waals surface area contributed by atoms with Crippen LogP contribution in [-0.2, 0) is 11.3 Å². The SMILES string of the molecule is COCCN1CC[C@H](CN(C)Cc2cc(C)no2)C1. The van der Waals surface area contributed by atoms with Gasteiger partial charge in [0, 0.05) is 32.8 Å². The third kappa shape index (κ3) is 4.60. The van der Waals surface area contributed by atoms with Crippen molar-refractivity contribution < 1.29 is 9.26 Å². The summed E-state index contributed by atoms with van der Waals surface area (Å²) in [5.74, 6) is 1.71. The molecule has 2 rings (SSSR count). The molecule has 0 aromatic carbocycles. The van der Waals surface area contributed by atoms with E-state index in [9.17, 15) is 0 Å².